The van der Waals surface area contributed by atoms with Crippen molar-refractivity contribution in [2.75, 3.05) is 13.2 Å². The predicted octanol–water partition coefficient (Wildman–Crippen LogP) is 2.12. The minimum Gasteiger partial charge on any atom is -0.465 e. The van der Waals surface area contributed by atoms with Crippen molar-refractivity contribution in [3.63, 3.8) is 0 Å². The third-order valence-electron chi connectivity index (χ3n) is 2.89. The van der Waals surface area contributed by atoms with Gasteiger partial charge >= 0.3 is 17.9 Å². The molecule has 0 amide bonds. The summed E-state index contributed by atoms with van der Waals surface area (Å²) in [6.07, 6.45) is -0.298. The maximum Gasteiger partial charge on any atom is 0.320 e. The number of carbonyl (C=O) groups is 3. The molecule has 1 atom stereocenters. The molecule has 0 aromatic carbocycles. The van der Waals surface area contributed by atoms with Crippen LogP contribution in [0.4, 0.5) is 0 Å². The minimum atomic E-state index is -1.26. The lowest BCUT2D eigenvalue weighted by atomic mass is 9.88. The first-order valence-corrected chi connectivity index (χ1v) is 7.65. The summed E-state index contributed by atoms with van der Waals surface area (Å²) in [6, 6.07) is 0. The summed E-state index contributed by atoms with van der Waals surface area (Å²) in [5.74, 6) is -4.17. The number of esters is 3. The Labute approximate surface area is 137 Å². The number of hydrogen-bond donors (Lipinski definition) is 1. The van der Waals surface area contributed by atoms with Gasteiger partial charge in [0.2, 0.25) is 0 Å². The molecule has 1 N–H and O–H groups in total. The Morgan fingerprint density at radius 1 is 1.00 bits per heavy atom. The fourth-order valence-electron chi connectivity index (χ4n) is 1.86. The third-order valence-corrected chi connectivity index (χ3v) is 2.89. The van der Waals surface area contributed by atoms with E-state index < -0.39 is 35.3 Å². The van der Waals surface area contributed by atoms with Crippen LogP contribution in [0.2, 0.25) is 0 Å². The summed E-state index contributed by atoms with van der Waals surface area (Å²) in [5, 5.41) is 8.00. The fourth-order valence-corrected chi connectivity index (χ4v) is 1.86. The summed E-state index contributed by atoms with van der Waals surface area (Å²) in [4.78, 5) is 35.8. The Hall–Kier alpha value is -1.92. The van der Waals surface area contributed by atoms with Crippen molar-refractivity contribution >= 4 is 23.6 Å². The van der Waals surface area contributed by atoms with E-state index in [1.54, 1.807) is 34.6 Å². The summed E-state index contributed by atoms with van der Waals surface area (Å²) in [5.41, 5.74) is -0.743. The van der Waals surface area contributed by atoms with Crippen molar-refractivity contribution in [2.45, 2.75) is 53.6 Å². The van der Waals surface area contributed by atoms with Gasteiger partial charge in [-0.3, -0.25) is 14.4 Å². The van der Waals surface area contributed by atoms with Gasteiger partial charge in [-0.05, 0) is 34.6 Å². The van der Waals surface area contributed by atoms with Crippen LogP contribution in [0.1, 0.15) is 48.0 Å². The summed E-state index contributed by atoms with van der Waals surface area (Å²) in [6.45, 7) is 10.1. The van der Waals surface area contributed by atoms with Crippen molar-refractivity contribution in [3.05, 3.63) is 0 Å². The van der Waals surface area contributed by atoms with Gasteiger partial charge in [-0.2, -0.15) is 0 Å². The first-order chi connectivity index (χ1) is 10.5. The van der Waals surface area contributed by atoms with Gasteiger partial charge in [-0.15, -0.1) is 0 Å². The van der Waals surface area contributed by atoms with E-state index in [4.69, 9.17) is 19.6 Å². The van der Waals surface area contributed by atoms with E-state index in [2.05, 4.69) is 0 Å². The smallest absolute Gasteiger partial charge is 0.320 e. The largest absolute Gasteiger partial charge is 0.465 e. The van der Waals surface area contributed by atoms with Crippen LogP contribution in [-0.2, 0) is 28.6 Å². The second kappa shape index (κ2) is 9.27. The van der Waals surface area contributed by atoms with Crippen LogP contribution >= 0.6 is 0 Å². The van der Waals surface area contributed by atoms with Crippen molar-refractivity contribution in [1.82, 2.24) is 0 Å². The number of hydrogen-bond acceptors (Lipinski definition) is 7. The molecule has 0 bridgehead atoms. The average molecular weight is 329 g/mol. The average Bonchev–Trinajstić information content (AvgIpc) is 2.36. The maximum atomic E-state index is 12.0. The molecule has 7 nitrogen and oxygen atoms in total. The lowest BCUT2D eigenvalue weighted by Gasteiger charge is -2.23. The molecular weight excluding hydrogens is 302 g/mol. The topological polar surface area (TPSA) is 103 Å². The molecule has 0 aromatic rings. The van der Waals surface area contributed by atoms with Gasteiger partial charge in [0.05, 0.1) is 19.6 Å². The molecular formula is C16H27NO6. The highest BCUT2D eigenvalue weighted by Crippen LogP contribution is 2.20. The number of nitrogens with one attached hydrogen (secondary N) is 1. The van der Waals surface area contributed by atoms with E-state index in [0.717, 1.165) is 0 Å². The van der Waals surface area contributed by atoms with Crippen LogP contribution in [0.3, 0.4) is 0 Å². The van der Waals surface area contributed by atoms with Gasteiger partial charge < -0.3 is 19.6 Å². The summed E-state index contributed by atoms with van der Waals surface area (Å²) < 4.78 is 14.9. The first-order valence-electron chi connectivity index (χ1n) is 7.65. The Morgan fingerprint density at radius 2 is 1.43 bits per heavy atom. The van der Waals surface area contributed by atoms with Crippen molar-refractivity contribution in [3.8, 4) is 0 Å². The highest BCUT2D eigenvalue weighted by atomic mass is 16.6. The molecule has 0 saturated carbocycles. The number of ether oxygens (including phenoxy) is 3. The molecule has 0 aliphatic rings. The molecule has 23 heavy (non-hydrogen) atoms. The Bertz CT molecular complexity index is 434. The van der Waals surface area contributed by atoms with Crippen LogP contribution in [-0.4, -0.2) is 42.4 Å². The molecule has 0 unspecified atom stereocenters. The second-order valence-electron chi connectivity index (χ2n) is 6.06. The zero-order valence-corrected chi connectivity index (χ0v) is 14.7. The molecule has 0 aliphatic heterocycles. The SMILES string of the molecule is CCOC(=O)C(C(=O)OCC)[C@@H](C)C(=N)CC(=O)OC(C)(C)C. The van der Waals surface area contributed by atoms with Crippen molar-refractivity contribution in [2.24, 2.45) is 11.8 Å². The monoisotopic (exact) mass is 329 g/mol. The maximum absolute atomic E-state index is 12.0. The highest BCUT2D eigenvalue weighted by molar-refractivity contribution is 6.05. The molecule has 0 aromatic heterocycles. The van der Waals surface area contributed by atoms with Crippen LogP contribution < -0.4 is 0 Å². The third kappa shape index (κ3) is 7.76. The van der Waals surface area contributed by atoms with Crippen LogP contribution in [0.5, 0.6) is 0 Å². The van der Waals surface area contributed by atoms with E-state index in [0.29, 0.717) is 0 Å². The van der Waals surface area contributed by atoms with Crippen LogP contribution in [0, 0.1) is 17.2 Å². The van der Waals surface area contributed by atoms with Gasteiger partial charge in [-0.25, -0.2) is 0 Å². The highest BCUT2D eigenvalue weighted by Gasteiger charge is 2.37. The second-order valence-corrected chi connectivity index (χ2v) is 6.06. The molecule has 0 spiro atoms. The van der Waals surface area contributed by atoms with E-state index in [9.17, 15) is 14.4 Å². The van der Waals surface area contributed by atoms with Crippen LogP contribution in [0.15, 0.2) is 0 Å². The molecule has 0 heterocycles. The molecule has 132 valence electrons. The lowest BCUT2D eigenvalue weighted by molar-refractivity contribution is -0.163. The molecule has 7 heteroatoms. The molecule has 0 radical (unpaired) electrons. The van der Waals surface area contributed by atoms with Gasteiger partial charge in [0.15, 0.2) is 5.92 Å². The first kappa shape index (κ1) is 21.1. The molecule has 0 rings (SSSR count). The molecule has 0 fully saturated rings. The van der Waals surface area contributed by atoms with Gasteiger partial charge in [0.1, 0.15) is 5.60 Å². The van der Waals surface area contributed by atoms with Crippen molar-refractivity contribution in [1.29, 1.82) is 5.41 Å². The normalized spacial score (nSPS) is 12.5. The fraction of sp³-hybridized carbons (Fsp3) is 0.750. The van der Waals surface area contributed by atoms with Gasteiger partial charge in [0.25, 0.3) is 0 Å². The predicted molar refractivity (Wildman–Crippen MR) is 84.1 cm³/mol. The summed E-state index contributed by atoms with van der Waals surface area (Å²) in [7, 11) is 0. The molecule has 0 aliphatic carbocycles. The quantitative estimate of drug-likeness (QED) is 0.317. The van der Waals surface area contributed by atoms with E-state index >= 15 is 0 Å². The standard InChI is InChI=1S/C16H27NO6/c1-7-21-14(19)13(15(20)22-8-2)10(3)11(17)9-12(18)23-16(4,5)6/h10,13,17H,7-9H2,1-6H3/t10-/m0/s1. The van der Waals surface area contributed by atoms with E-state index in [1.165, 1.54) is 6.92 Å². The van der Waals surface area contributed by atoms with Crippen LogP contribution in [0.25, 0.3) is 0 Å². The minimum absolute atomic E-state index is 0.0784. The van der Waals surface area contributed by atoms with Gasteiger partial charge in [0, 0.05) is 11.6 Å². The number of rotatable bonds is 8. The number of carbonyl (C=O) groups excluding carboxylic acids is 3. The zero-order valence-electron chi connectivity index (χ0n) is 14.7. The van der Waals surface area contributed by atoms with Gasteiger partial charge in [-0.1, -0.05) is 6.92 Å². The Balaban J connectivity index is 5.02. The zero-order chi connectivity index (χ0) is 18.2. The molecule has 0 saturated heterocycles. The lowest BCUT2D eigenvalue weighted by Crippen LogP contribution is -2.37. The summed E-state index contributed by atoms with van der Waals surface area (Å²) >= 11 is 0. The van der Waals surface area contributed by atoms with E-state index in [1.807, 2.05) is 0 Å². The van der Waals surface area contributed by atoms with E-state index in [-0.39, 0.29) is 25.3 Å². The Morgan fingerprint density at radius 3 is 1.78 bits per heavy atom. The Kier molecular flexibility index (Phi) is 8.50. The van der Waals surface area contributed by atoms with Crippen molar-refractivity contribution < 1.29 is 28.6 Å².